The lowest BCUT2D eigenvalue weighted by atomic mass is 10.1. The molecule has 5 rings (SSSR count). The number of halogens is 1. The lowest BCUT2D eigenvalue weighted by Gasteiger charge is -2.24. The van der Waals surface area contributed by atoms with Crippen LogP contribution >= 0.6 is 0 Å². The van der Waals surface area contributed by atoms with E-state index in [1.54, 1.807) is 12.1 Å². The van der Waals surface area contributed by atoms with Crippen molar-refractivity contribution in [1.82, 2.24) is 14.5 Å². The Kier molecular flexibility index (Phi) is 8.78. The molecule has 0 unspecified atom stereocenters. The van der Waals surface area contributed by atoms with E-state index in [0.717, 1.165) is 85.3 Å². The highest BCUT2D eigenvalue weighted by atomic mass is 19.1. The molecule has 204 valence electrons. The predicted octanol–water partition coefficient (Wildman–Crippen LogP) is 6.86. The Morgan fingerprint density at radius 1 is 0.974 bits per heavy atom. The Bertz CT molecular complexity index is 1370. The lowest BCUT2D eigenvalue weighted by Crippen LogP contribution is -2.27. The monoisotopic (exact) mass is 529 g/mol. The number of benzene rings is 3. The maximum Gasteiger partial charge on any atom is 0.231 e. The number of hydrogen-bond donors (Lipinski definition) is 0. The van der Waals surface area contributed by atoms with Crippen LogP contribution in [0.3, 0.4) is 0 Å². The number of nitrogens with zero attached hydrogens (tertiary/aromatic N) is 3. The maximum absolute atomic E-state index is 13.6. The van der Waals surface area contributed by atoms with Crippen LogP contribution < -0.4 is 14.2 Å². The van der Waals surface area contributed by atoms with E-state index in [1.807, 2.05) is 31.3 Å². The first-order chi connectivity index (χ1) is 19.1. The molecule has 0 aliphatic carbocycles. The topological polar surface area (TPSA) is 48.8 Å². The van der Waals surface area contributed by atoms with Crippen LogP contribution in [0.1, 0.15) is 43.5 Å². The number of ether oxygens (including phenoxy) is 3. The maximum atomic E-state index is 13.6. The molecule has 0 saturated heterocycles. The summed E-state index contributed by atoms with van der Waals surface area (Å²) in [6, 6.07) is 21.0. The van der Waals surface area contributed by atoms with Gasteiger partial charge >= 0.3 is 0 Å². The van der Waals surface area contributed by atoms with Gasteiger partial charge in [-0.25, -0.2) is 9.37 Å². The fraction of sp³-hybridized carbons (Fsp3) is 0.344. The molecule has 0 spiro atoms. The predicted molar refractivity (Wildman–Crippen MR) is 151 cm³/mol. The highest BCUT2D eigenvalue weighted by Gasteiger charge is 2.18. The number of imidazole rings is 1. The van der Waals surface area contributed by atoms with Gasteiger partial charge in [-0.3, -0.25) is 4.90 Å². The summed E-state index contributed by atoms with van der Waals surface area (Å²) in [5.74, 6) is 3.16. The van der Waals surface area contributed by atoms with Gasteiger partial charge in [-0.1, -0.05) is 37.6 Å². The van der Waals surface area contributed by atoms with Gasteiger partial charge in [0.05, 0.1) is 18.5 Å². The van der Waals surface area contributed by atoms with Crippen molar-refractivity contribution in [3.8, 4) is 28.6 Å². The van der Waals surface area contributed by atoms with Crippen molar-refractivity contribution < 1.29 is 18.6 Å². The smallest absolute Gasteiger partial charge is 0.231 e. The Morgan fingerprint density at radius 3 is 2.62 bits per heavy atom. The van der Waals surface area contributed by atoms with E-state index in [4.69, 9.17) is 19.2 Å². The van der Waals surface area contributed by atoms with Gasteiger partial charge in [-0.15, -0.1) is 0 Å². The number of hydrogen-bond acceptors (Lipinski definition) is 5. The van der Waals surface area contributed by atoms with Crippen LogP contribution in [0.2, 0.25) is 0 Å². The fourth-order valence-corrected chi connectivity index (χ4v) is 4.96. The van der Waals surface area contributed by atoms with Crippen LogP contribution in [0.15, 0.2) is 72.9 Å². The molecule has 0 atom stereocenters. The number of fused-ring (bicyclic) bond motifs is 1. The first-order valence-corrected chi connectivity index (χ1v) is 13.8. The number of unbranched alkanes of at least 4 members (excludes halogenated alkanes) is 1. The second-order valence-corrected chi connectivity index (χ2v) is 9.77. The summed E-state index contributed by atoms with van der Waals surface area (Å²) in [6.45, 7) is 8.28. The van der Waals surface area contributed by atoms with Gasteiger partial charge in [0.25, 0.3) is 0 Å². The van der Waals surface area contributed by atoms with E-state index in [1.165, 1.54) is 17.7 Å². The molecular weight excluding hydrogens is 493 g/mol. The van der Waals surface area contributed by atoms with Crippen LogP contribution in [0.5, 0.6) is 17.2 Å². The van der Waals surface area contributed by atoms with E-state index >= 15 is 0 Å². The number of aromatic nitrogens is 2. The largest absolute Gasteiger partial charge is 0.494 e. The average molecular weight is 530 g/mol. The summed E-state index contributed by atoms with van der Waals surface area (Å²) in [4.78, 5) is 7.23. The number of rotatable bonds is 13. The summed E-state index contributed by atoms with van der Waals surface area (Å²) in [6.07, 6.45) is 4.95. The van der Waals surface area contributed by atoms with Gasteiger partial charge in [0.2, 0.25) is 6.79 Å². The summed E-state index contributed by atoms with van der Waals surface area (Å²) >= 11 is 0. The Labute approximate surface area is 230 Å². The molecule has 2 heterocycles. The molecule has 1 aliphatic heterocycles. The van der Waals surface area contributed by atoms with Crippen LogP contribution in [-0.2, 0) is 26.1 Å². The Balaban J connectivity index is 1.42. The van der Waals surface area contributed by atoms with Crippen molar-refractivity contribution in [1.29, 1.82) is 0 Å². The fourth-order valence-electron chi connectivity index (χ4n) is 4.96. The third-order valence-electron chi connectivity index (χ3n) is 6.97. The van der Waals surface area contributed by atoms with Crippen molar-refractivity contribution in [3.63, 3.8) is 0 Å². The molecule has 0 bridgehead atoms. The molecule has 0 fully saturated rings. The van der Waals surface area contributed by atoms with E-state index < -0.39 is 0 Å². The van der Waals surface area contributed by atoms with Crippen molar-refractivity contribution in [2.45, 2.75) is 52.7 Å². The van der Waals surface area contributed by atoms with Gasteiger partial charge in [-0.05, 0) is 73.4 Å². The van der Waals surface area contributed by atoms with E-state index in [-0.39, 0.29) is 12.6 Å². The molecule has 1 aliphatic rings. The zero-order chi connectivity index (χ0) is 27.0. The third-order valence-corrected chi connectivity index (χ3v) is 6.97. The number of para-hydroxylation sites is 1. The molecule has 0 saturated carbocycles. The Hall–Kier alpha value is -3.84. The highest BCUT2D eigenvalue weighted by molar-refractivity contribution is 5.56. The van der Waals surface area contributed by atoms with Crippen molar-refractivity contribution in [3.05, 3.63) is 95.6 Å². The lowest BCUT2D eigenvalue weighted by molar-refractivity contribution is 0.174. The van der Waals surface area contributed by atoms with Crippen molar-refractivity contribution >= 4 is 0 Å². The van der Waals surface area contributed by atoms with Crippen molar-refractivity contribution in [2.24, 2.45) is 0 Å². The second kappa shape index (κ2) is 12.8. The minimum atomic E-state index is -0.243. The molecule has 39 heavy (non-hydrogen) atoms. The third kappa shape index (κ3) is 6.60. The zero-order valence-corrected chi connectivity index (χ0v) is 22.7. The van der Waals surface area contributed by atoms with Crippen LogP contribution in [-0.4, -0.2) is 34.4 Å². The Morgan fingerprint density at radius 2 is 1.79 bits per heavy atom. The molecule has 1 aromatic heterocycles. The van der Waals surface area contributed by atoms with Crippen LogP contribution in [0, 0.1) is 5.82 Å². The first kappa shape index (κ1) is 26.8. The van der Waals surface area contributed by atoms with E-state index in [2.05, 4.69) is 40.7 Å². The zero-order valence-electron chi connectivity index (χ0n) is 22.7. The molecule has 0 N–H and O–H groups in total. The van der Waals surface area contributed by atoms with E-state index in [9.17, 15) is 4.39 Å². The molecule has 0 radical (unpaired) electrons. The SMILES string of the molecule is CCCCn1c(CN(CCc2ccccc2OCC)Cc2ccc3c(c2)OCO3)cnc1-c1ccc(F)cc1. The standard InChI is InChI=1S/C32H36FN3O3/c1-3-5-17-36-28(20-34-32(36)26-11-13-27(33)14-12-26)22-35(18-16-25-8-6-7-9-29(25)37-4-2)21-24-10-15-30-31(19-24)39-23-38-30/h6-15,19-20H,3-5,16-18,21-23H2,1-2H3. The first-order valence-electron chi connectivity index (χ1n) is 13.8. The molecule has 0 amide bonds. The van der Waals surface area contributed by atoms with Crippen molar-refractivity contribution in [2.75, 3.05) is 19.9 Å². The quantitative estimate of drug-likeness (QED) is 0.189. The van der Waals surface area contributed by atoms with Crippen LogP contribution in [0.25, 0.3) is 11.4 Å². The summed E-state index contributed by atoms with van der Waals surface area (Å²) in [5, 5.41) is 0. The summed E-state index contributed by atoms with van der Waals surface area (Å²) in [7, 11) is 0. The highest BCUT2D eigenvalue weighted by Crippen LogP contribution is 2.33. The molecule has 4 aromatic rings. The van der Waals surface area contributed by atoms with Gasteiger partial charge in [-0.2, -0.15) is 0 Å². The van der Waals surface area contributed by atoms with Gasteiger partial charge in [0.15, 0.2) is 11.5 Å². The molecule has 6 nitrogen and oxygen atoms in total. The molecule has 3 aromatic carbocycles. The minimum absolute atomic E-state index is 0.243. The van der Waals surface area contributed by atoms with Gasteiger partial charge in [0, 0.05) is 31.7 Å². The van der Waals surface area contributed by atoms with Crippen LogP contribution in [0.4, 0.5) is 4.39 Å². The minimum Gasteiger partial charge on any atom is -0.494 e. The van der Waals surface area contributed by atoms with E-state index in [0.29, 0.717) is 6.61 Å². The van der Waals surface area contributed by atoms with Gasteiger partial charge in [0.1, 0.15) is 17.4 Å². The van der Waals surface area contributed by atoms with Gasteiger partial charge < -0.3 is 18.8 Å². The summed E-state index contributed by atoms with van der Waals surface area (Å²) < 4.78 is 32.9. The normalized spacial score (nSPS) is 12.3. The molecule has 7 heteroatoms. The average Bonchev–Trinajstić information content (AvgIpc) is 3.58. The second-order valence-electron chi connectivity index (χ2n) is 9.77. The molecular formula is C32H36FN3O3. The summed E-state index contributed by atoms with van der Waals surface area (Å²) in [5.41, 5.74) is 4.42.